The number of rotatable bonds is 3. The van der Waals surface area contributed by atoms with Gasteiger partial charge in [-0.25, -0.2) is 4.98 Å². The first-order valence-electron chi connectivity index (χ1n) is 5.21. The average molecular weight is 246 g/mol. The second-order valence-electron chi connectivity index (χ2n) is 3.62. The summed E-state index contributed by atoms with van der Waals surface area (Å²) >= 11 is 0. The molecule has 3 heterocycles. The second kappa shape index (κ2) is 3.99. The third-order valence-electron chi connectivity index (χ3n) is 2.46. The first-order chi connectivity index (χ1) is 8.78. The molecule has 92 valence electrons. The molecule has 0 bridgehead atoms. The van der Waals surface area contributed by atoms with Crippen molar-refractivity contribution >= 4 is 16.8 Å². The van der Waals surface area contributed by atoms with Gasteiger partial charge in [0.05, 0.1) is 25.2 Å². The molecule has 2 N–H and O–H groups in total. The fourth-order valence-electron chi connectivity index (χ4n) is 1.70. The Kier molecular flexibility index (Phi) is 2.33. The average Bonchev–Trinajstić information content (AvgIpc) is 2.99. The molecule has 3 aromatic heterocycles. The van der Waals surface area contributed by atoms with Crippen LogP contribution in [0.25, 0.3) is 11.0 Å². The minimum atomic E-state index is 0.262. The maximum absolute atomic E-state index is 5.68. The summed E-state index contributed by atoms with van der Waals surface area (Å²) in [6, 6.07) is 1.74. The molecule has 3 rings (SSSR count). The number of hydrogen-bond donors (Lipinski definition) is 1. The fraction of sp³-hybridized carbons (Fsp3) is 0.200. The Balaban J connectivity index is 2.08. The van der Waals surface area contributed by atoms with Crippen molar-refractivity contribution in [1.82, 2.24) is 25.1 Å². The molecule has 0 aromatic carbocycles. The highest BCUT2D eigenvalue weighted by molar-refractivity contribution is 5.91. The topological polar surface area (TPSA) is 105 Å². The maximum Gasteiger partial charge on any atom is 0.228 e. The lowest BCUT2D eigenvalue weighted by Crippen LogP contribution is -2.06. The molecule has 0 radical (unpaired) electrons. The molecular weight excluding hydrogens is 236 g/mol. The van der Waals surface area contributed by atoms with Gasteiger partial charge in [-0.3, -0.25) is 0 Å². The zero-order valence-corrected chi connectivity index (χ0v) is 9.57. The molecule has 0 fully saturated rings. The van der Waals surface area contributed by atoms with Crippen molar-refractivity contribution in [2.45, 2.75) is 6.54 Å². The minimum Gasteiger partial charge on any atom is -0.480 e. The lowest BCUT2D eigenvalue weighted by atomic mass is 10.2. The third kappa shape index (κ3) is 1.63. The Labute approximate surface area is 101 Å². The lowest BCUT2D eigenvalue weighted by molar-refractivity contribution is 0.400. The van der Waals surface area contributed by atoms with E-state index >= 15 is 0 Å². The molecule has 8 nitrogen and oxygen atoms in total. The van der Waals surface area contributed by atoms with Crippen LogP contribution in [-0.2, 0) is 6.54 Å². The van der Waals surface area contributed by atoms with Crippen molar-refractivity contribution in [2.75, 3.05) is 12.8 Å². The Hall–Kier alpha value is -2.64. The van der Waals surface area contributed by atoms with Gasteiger partial charge in [0, 0.05) is 6.07 Å². The first-order valence-corrected chi connectivity index (χ1v) is 5.21. The highest BCUT2D eigenvalue weighted by Crippen LogP contribution is 2.29. The lowest BCUT2D eigenvalue weighted by Gasteiger charge is -2.04. The summed E-state index contributed by atoms with van der Waals surface area (Å²) in [5, 5.41) is 12.3. The number of nitrogens with two attached hydrogens (primary N) is 1. The highest BCUT2D eigenvalue weighted by atomic mass is 16.5. The second-order valence-corrected chi connectivity index (χ2v) is 3.62. The summed E-state index contributed by atoms with van der Waals surface area (Å²) in [7, 11) is 1.52. The van der Waals surface area contributed by atoms with E-state index in [0.29, 0.717) is 29.1 Å². The van der Waals surface area contributed by atoms with Crippen LogP contribution in [0.4, 0.5) is 5.82 Å². The molecule has 0 saturated heterocycles. The van der Waals surface area contributed by atoms with Crippen LogP contribution in [0.3, 0.4) is 0 Å². The van der Waals surface area contributed by atoms with Crippen molar-refractivity contribution < 1.29 is 9.26 Å². The van der Waals surface area contributed by atoms with E-state index in [2.05, 4.69) is 20.3 Å². The summed E-state index contributed by atoms with van der Waals surface area (Å²) in [5.74, 6) is 0.645. The summed E-state index contributed by atoms with van der Waals surface area (Å²) in [5.41, 5.74) is 6.91. The van der Waals surface area contributed by atoms with Crippen molar-refractivity contribution in [3.05, 3.63) is 24.2 Å². The summed E-state index contributed by atoms with van der Waals surface area (Å²) in [4.78, 5) is 5.83. The Morgan fingerprint density at radius 3 is 2.89 bits per heavy atom. The molecule has 0 spiro atoms. The molecule has 0 amide bonds. The maximum atomic E-state index is 5.68. The van der Waals surface area contributed by atoms with Gasteiger partial charge >= 0.3 is 0 Å². The first kappa shape index (κ1) is 10.5. The Morgan fingerprint density at radius 2 is 2.17 bits per heavy atom. The van der Waals surface area contributed by atoms with E-state index in [-0.39, 0.29) is 5.82 Å². The van der Waals surface area contributed by atoms with E-state index in [1.165, 1.54) is 11.9 Å². The minimum absolute atomic E-state index is 0.262. The molecule has 0 saturated carbocycles. The van der Waals surface area contributed by atoms with Crippen LogP contribution in [0.2, 0.25) is 0 Å². The number of nitrogen functional groups attached to an aromatic ring is 1. The normalized spacial score (nSPS) is 10.9. The van der Waals surface area contributed by atoms with E-state index in [1.54, 1.807) is 18.5 Å². The van der Waals surface area contributed by atoms with Crippen molar-refractivity contribution in [3.63, 3.8) is 0 Å². The van der Waals surface area contributed by atoms with Crippen LogP contribution in [0.5, 0.6) is 5.88 Å². The molecule has 0 aliphatic heterocycles. The SMILES string of the molecule is COc1nc(Cn2nccn2)cc2onc(N)c12. The number of hydrogen-bond acceptors (Lipinski definition) is 7. The highest BCUT2D eigenvalue weighted by Gasteiger charge is 2.15. The number of pyridine rings is 1. The van der Waals surface area contributed by atoms with Gasteiger partial charge in [0.1, 0.15) is 11.9 Å². The monoisotopic (exact) mass is 246 g/mol. The van der Waals surface area contributed by atoms with Crippen LogP contribution in [0, 0.1) is 0 Å². The number of aromatic nitrogens is 5. The molecule has 18 heavy (non-hydrogen) atoms. The quantitative estimate of drug-likeness (QED) is 0.715. The fourth-order valence-corrected chi connectivity index (χ4v) is 1.70. The Bertz CT molecular complexity index is 675. The molecule has 0 atom stereocenters. The summed E-state index contributed by atoms with van der Waals surface area (Å²) in [6.45, 7) is 0.417. The van der Waals surface area contributed by atoms with Gasteiger partial charge in [-0.1, -0.05) is 5.16 Å². The largest absolute Gasteiger partial charge is 0.480 e. The zero-order valence-electron chi connectivity index (χ0n) is 9.57. The number of nitrogens with zero attached hydrogens (tertiary/aromatic N) is 5. The van der Waals surface area contributed by atoms with E-state index < -0.39 is 0 Å². The number of fused-ring (bicyclic) bond motifs is 1. The third-order valence-corrected chi connectivity index (χ3v) is 2.46. The number of anilines is 1. The van der Waals surface area contributed by atoms with Crippen molar-refractivity contribution in [1.29, 1.82) is 0 Å². The van der Waals surface area contributed by atoms with Gasteiger partial charge in [-0.05, 0) is 0 Å². The number of methoxy groups -OCH3 is 1. The van der Waals surface area contributed by atoms with Gasteiger partial charge in [0.25, 0.3) is 0 Å². The molecule has 8 heteroatoms. The van der Waals surface area contributed by atoms with E-state index in [0.717, 1.165) is 0 Å². The van der Waals surface area contributed by atoms with E-state index in [4.69, 9.17) is 15.0 Å². The van der Waals surface area contributed by atoms with Gasteiger partial charge in [0.15, 0.2) is 11.4 Å². The van der Waals surface area contributed by atoms with Crippen LogP contribution in [0.15, 0.2) is 23.0 Å². The Morgan fingerprint density at radius 1 is 1.39 bits per heavy atom. The van der Waals surface area contributed by atoms with Crippen LogP contribution >= 0.6 is 0 Å². The standard InChI is InChI=1S/C10H10N6O2/c1-17-10-8-7(18-15-9(8)11)4-6(14-10)5-16-12-2-3-13-16/h2-4H,5H2,1H3,(H2,11,15). The summed E-state index contributed by atoms with van der Waals surface area (Å²) in [6.07, 6.45) is 3.20. The summed E-state index contributed by atoms with van der Waals surface area (Å²) < 4.78 is 10.3. The van der Waals surface area contributed by atoms with Crippen LogP contribution in [-0.4, -0.2) is 32.2 Å². The van der Waals surface area contributed by atoms with Crippen molar-refractivity contribution in [3.8, 4) is 5.88 Å². The molecule has 0 aliphatic rings. The van der Waals surface area contributed by atoms with E-state index in [1.807, 2.05) is 0 Å². The predicted octanol–water partition coefficient (Wildman–Crippen LogP) is 0.453. The van der Waals surface area contributed by atoms with Gasteiger partial charge in [-0.15, -0.1) is 0 Å². The number of ether oxygens (including phenoxy) is 1. The van der Waals surface area contributed by atoms with Gasteiger partial charge < -0.3 is 15.0 Å². The molecule has 3 aromatic rings. The van der Waals surface area contributed by atoms with Crippen LogP contribution in [0.1, 0.15) is 5.69 Å². The molecular formula is C10H10N6O2. The van der Waals surface area contributed by atoms with Gasteiger partial charge in [-0.2, -0.15) is 15.0 Å². The molecule has 0 aliphatic carbocycles. The van der Waals surface area contributed by atoms with Gasteiger partial charge in [0.2, 0.25) is 5.88 Å². The van der Waals surface area contributed by atoms with E-state index in [9.17, 15) is 0 Å². The molecule has 0 unspecified atom stereocenters. The smallest absolute Gasteiger partial charge is 0.228 e. The van der Waals surface area contributed by atoms with Crippen molar-refractivity contribution in [2.24, 2.45) is 0 Å². The van der Waals surface area contributed by atoms with Crippen LogP contribution < -0.4 is 10.5 Å². The zero-order chi connectivity index (χ0) is 12.5. The predicted molar refractivity (Wildman–Crippen MR) is 61.9 cm³/mol.